The molecule has 2 aromatic rings. The molecule has 0 aliphatic rings. The Balaban J connectivity index is 2.49. The van der Waals surface area contributed by atoms with E-state index in [4.69, 9.17) is 4.43 Å². The van der Waals surface area contributed by atoms with Crippen LogP contribution in [0.15, 0.2) is 72.2 Å². The van der Waals surface area contributed by atoms with Crippen molar-refractivity contribution in [3.05, 3.63) is 72.2 Å². The van der Waals surface area contributed by atoms with Crippen LogP contribution in [0, 0.1) is 0 Å². The molecule has 0 spiro atoms. The van der Waals surface area contributed by atoms with Crippen LogP contribution in [0.3, 0.4) is 0 Å². The van der Waals surface area contributed by atoms with E-state index in [2.05, 4.69) is 93.3 Å². The predicted molar refractivity (Wildman–Crippen MR) is 102 cm³/mol. The third-order valence-corrected chi connectivity index (χ3v) is 6.39. The summed E-state index contributed by atoms with van der Waals surface area (Å²) in [5, 5.41) is 2.70. The largest absolute Gasteiger partial charge is 0.544 e. The second-order valence-electron chi connectivity index (χ2n) is 6.17. The second-order valence-corrected chi connectivity index (χ2v) is 12.7. The molecule has 0 saturated carbocycles. The molecule has 0 saturated heterocycles. The number of rotatable bonds is 6. The topological polar surface area (TPSA) is 9.23 Å². The van der Waals surface area contributed by atoms with Crippen molar-refractivity contribution >= 4 is 26.8 Å². The van der Waals surface area contributed by atoms with E-state index >= 15 is 0 Å². The fourth-order valence-corrected chi connectivity index (χ4v) is 6.23. The summed E-state index contributed by atoms with van der Waals surface area (Å²) in [6, 6.07) is 21.5. The van der Waals surface area contributed by atoms with Crippen LogP contribution in [0.25, 0.3) is 0 Å². The van der Waals surface area contributed by atoms with Gasteiger partial charge in [-0.3, -0.25) is 0 Å². The van der Waals surface area contributed by atoms with Crippen LogP contribution in [-0.4, -0.2) is 8.32 Å². The highest BCUT2D eigenvalue weighted by Crippen LogP contribution is 2.44. The monoisotopic (exact) mass is 328 g/mol. The molecule has 2 rings (SSSR count). The number of hydrogen-bond donors (Lipinski definition) is 0. The summed E-state index contributed by atoms with van der Waals surface area (Å²) < 4.78 is 6.48. The van der Waals surface area contributed by atoms with Gasteiger partial charge in [0.25, 0.3) is 0 Å². The average Bonchev–Trinajstić information content (AvgIpc) is 2.48. The van der Waals surface area contributed by atoms with Crippen molar-refractivity contribution in [2.45, 2.75) is 33.0 Å². The first kappa shape index (κ1) is 17.0. The van der Waals surface area contributed by atoms with E-state index in [-0.39, 0.29) is 0 Å². The average molecular weight is 328 g/mol. The standard InChI is InChI=1S/C19H25OPSi/c1-5-12-19(20-22(2,3)4)21(17-13-8-6-9-14-17)18-15-10-7-11-16-18/h6-16H,5H2,1-4H3/b19-12+. The first-order valence-electron chi connectivity index (χ1n) is 7.80. The maximum absolute atomic E-state index is 6.48. The lowest BCUT2D eigenvalue weighted by Crippen LogP contribution is -2.27. The maximum atomic E-state index is 6.48. The smallest absolute Gasteiger partial charge is 0.242 e. The molecule has 22 heavy (non-hydrogen) atoms. The molecule has 0 N–H and O–H groups in total. The molecule has 0 radical (unpaired) electrons. The van der Waals surface area contributed by atoms with E-state index in [0.29, 0.717) is 0 Å². The molecule has 116 valence electrons. The zero-order chi connectivity index (χ0) is 16.0. The van der Waals surface area contributed by atoms with E-state index in [1.54, 1.807) is 0 Å². The Hall–Kier alpha value is -1.37. The molecule has 0 aromatic heterocycles. The van der Waals surface area contributed by atoms with Crippen LogP contribution in [-0.2, 0) is 4.43 Å². The summed E-state index contributed by atoms with van der Waals surface area (Å²) in [4.78, 5) is 0. The quantitative estimate of drug-likeness (QED) is 0.401. The van der Waals surface area contributed by atoms with E-state index in [9.17, 15) is 0 Å². The van der Waals surface area contributed by atoms with E-state index in [1.165, 1.54) is 10.6 Å². The third kappa shape index (κ3) is 4.83. The highest BCUT2D eigenvalue weighted by Gasteiger charge is 2.25. The summed E-state index contributed by atoms with van der Waals surface area (Å²) in [6.07, 6.45) is 3.27. The molecular formula is C19H25OPSi. The van der Waals surface area contributed by atoms with Crippen LogP contribution in [0.1, 0.15) is 13.3 Å². The van der Waals surface area contributed by atoms with E-state index < -0.39 is 16.2 Å². The van der Waals surface area contributed by atoms with Crippen molar-refractivity contribution in [3.8, 4) is 0 Å². The van der Waals surface area contributed by atoms with Crippen molar-refractivity contribution in [1.29, 1.82) is 0 Å². The van der Waals surface area contributed by atoms with Gasteiger partial charge in [0.2, 0.25) is 8.32 Å². The lowest BCUT2D eigenvalue weighted by molar-refractivity contribution is 0.459. The Morgan fingerprint density at radius 3 is 1.73 bits per heavy atom. The van der Waals surface area contributed by atoms with Crippen LogP contribution in [0.2, 0.25) is 19.6 Å². The van der Waals surface area contributed by atoms with Crippen molar-refractivity contribution in [1.82, 2.24) is 0 Å². The zero-order valence-electron chi connectivity index (χ0n) is 13.9. The molecule has 0 unspecified atom stereocenters. The Labute approximate surface area is 136 Å². The molecule has 0 amide bonds. The third-order valence-electron chi connectivity index (χ3n) is 3.04. The van der Waals surface area contributed by atoms with Gasteiger partial charge in [-0.2, -0.15) is 0 Å². The minimum atomic E-state index is -1.64. The van der Waals surface area contributed by atoms with Crippen LogP contribution in [0.5, 0.6) is 0 Å². The van der Waals surface area contributed by atoms with Gasteiger partial charge in [0.1, 0.15) is 5.50 Å². The zero-order valence-corrected chi connectivity index (χ0v) is 15.8. The van der Waals surface area contributed by atoms with Crippen molar-refractivity contribution in [3.63, 3.8) is 0 Å². The van der Waals surface area contributed by atoms with Gasteiger partial charge in [-0.1, -0.05) is 67.6 Å². The van der Waals surface area contributed by atoms with Gasteiger partial charge < -0.3 is 4.43 Å². The predicted octanol–water partition coefficient (Wildman–Crippen LogP) is 5.22. The Bertz CT molecular complexity index is 563. The summed E-state index contributed by atoms with van der Waals surface area (Å²) in [7, 11) is -2.25. The lowest BCUT2D eigenvalue weighted by Gasteiger charge is -2.28. The molecule has 0 heterocycles. The van der Waals surface area contributed by atoms with Gasteiger partial charge in [-0.25, -0.2) is 0 Å². The minimum absolute atomic E-state index is 0.611. The van der Waals surface area contributed by atoms with E-state index in [1.807, 2.05) is 0 Å². The normalized spacial score (nSPS) is 12.5. The number of hydrogen-bond acceptors (Lipinski definition) is 1. The van der Waals surface area contributed by atoms with Crippen LogP contribution in [0.4, 0.5) is 0 Å². The molecule has 1 nitrogen and oxygen atoms in total. The molecule has 0 bridgehead atoms. The summed E-state index contributed by atoms with van der Waals surface area (Å²) in [5.74, 6) is 0. The molecule has 0 atom stereocenters. The van der Waals surface area contributed by atoms with Crippen LogP contribution >= 0.6 is 7.92 Å². The molecule has 2 aromatic carbocycles. The molecular weight excluding hydrogens is 303 g/mol. The van der Waals surface area contributed by atoms with Crippen LogP contribution < -0.4 is 10.6 Å². The van der Waals surface area contributed by atoms with Crippen molar-refractivity contribution < 1.29 is 4.43 Å². The van der Waals surface area contributed by atoms with Crippen molar-refractivity contribution in [2.75, 3.05) is 0 Å². The summed E-state index contributed by atoms with van der Waals surface area (Å²) >= 11 is 0. The fraction of sp³-hybridized carbons (Fsp3) is 0.263. The van der Waals surface area contributed by atoms with Crippen molar-refractivity contribution in [2.24, 2.45) is 0 Å². The van der Waals surface area contributed by atoms with E-state index in [0.717, 1.165) is 11.9 Å². The van der Waals surface area contributed by atoms with Gasteiger partial charge in [0.05, 0.1) is 0 Å². The Morgan fingerprint density at radius 2 is 1.36 bits per heavy atom. The van der Waals surface area contributed by atoms with Gasteiger partial charge >= 0.3 is 0 Å². The minimum Gasteiger partial charge on any atom is -0.544 e. The molecule has 3 heteroatoms. The summed E-state index contributed by atoms with van der Waals surface area (Å²) in [5.41, 5.74) is 1.16. The van der Waals surface area contributed by atoms with Gasteiger partial charge in [-0.05, 0) is 42.7 Å². The van der Waals surface area contributed by atoms with Gasteiger partial charge in [-0.15, -0.1) is 0 Å². The summed E-state index contributed by atoms with van der Waals surface area (Å²) in [6.45, 7) is 8.93. The SMILES string of the molecule is CC/C=C(\O[Si](C)(C)C)P(c1ccccc1)c1ccccc1. The lowest BCUT2D eigenvalue weighted by atomic mass is 10.4. The molecule has 0 aliphatic carbocycles. The highest BCUT2D eigenvalue weighted by molar-refractivity contribution is 7.76. The Kier molecular flexibility index (Phi) is 5.99. The molecule has 0 fully saturated rings. The fourth-order valence-electron chi connectivity index (χ4n) is 2.22. The Morgan fingerprint density at radius 1 is 0.909 bits per heavy atom. The highest BCUT2D eigenvalue weighted by atomic mass is 31.1. The second kappa shape index (κ2) is 7.76. The maximum Gasteiger partial charge on any atom is 0.242 e. The van der Waals surface area contributed by atoms with Gasteiger partial charge in [0, 0.05) is 7.92 Å². The molecule has 0 aliphatic heterocycles. The van der Waals surface area contributed by atoms with Gasteiger partial charge in [0.15, 0.2) is 0 Å². The number of benzene rings is 2. The number of allylic oxidation sites excluding steroid dienone is 1. The first-order chi connectivity index (χ1) is 10.5. The first-order valence-corrected chi connectivity index (χ1v) is 12.6.